The standard InChI is InChI=1S/C10H16N2O3S/c1-15-10-7-12-5-3-8(10)9(11)4-6-16(2,13)14/h3,5,7,9H,4,6,11H2,1-2H3. The zero-order valence-electron chi connectivity index (χ0n) is 9.38. The molecule has 0 fully saturated rings. The molecule has 0 aromatic carbocycles. The van der Waals surface area contributed by atoms with E-state index in [4.69, 9.17) is 10.5 Å². The average Bonchev–Trinajstić information content (AvgIpc) is 2.25. The minimum Gasteiger partial charge on any atom is -0.495 e. The van der Waals surface area contributed by atoms with Crippen LogP contribution in [0.1, 0.15) is 18.0 Å². The van der Waals surface area contributed by atoms with Crippen molar-refractivity contribution in [3.05, 3.63) is 24.0 Å². The summed E-state index contributed by atoms with van der Waals surface area (Å²) in [6.45, 7) is 0. The first-order chi connectivity index (χ1) is 7.44. The van der Waals surface area contributed by atoms with Crippen molar-refractivity contribution in [2.24, 2.45) is 5.73 Å². The fourth-order valence-corrected chi connectivity index (χ4v) is 2.05. The fraction of sp³-hybridized carbons (Fsp3) is 0.500. The second-order valence-corrected chi connectivity index (χ2v) is 5.90. The molecule has 1 aromatic heterocycles. The number of hydrogen-bond donors (Lipinski definition) is 1. The number of sulfone groups is 1. The lowest BCUT2D eigenvalue weighted by Crippen LogP contribution is -2.16. The quantitative estimate of drug-likeness (QED) is 0.816. The molecule has 6 heteroatoms. The highest BCUT2D eigenvalue weighted by atomic mass is 32.2. The van der Waals surface area contributed by atoms with E-state index in [-0.39, 0.29) is 11.8 Å². The summed E-state index contributed by atoms with van der Waals surface area (Å²) in [4.78, 5) is 3.91. The van der Waals surface area contributed by atoms with Gasteiger partial charge in [0.05, 0.1) is 19.1 Å². The van der Waals surface area contributed by atoms with Gasteiger partial charge in [-0.1, -0.05) is 0 Å². The number of aromatic nitrogens is 1. The third-order valence-electron chi connectivity index (χ3n) is 2.24. The monoisotopic (exact) mass is 244 g/mol. The highest BCUT2D eigenvalue weighted by Crippen LogP contribution is 2.24. The first-order valence-corrected chi connectivity index (χ1v) is 6.91. The molecule has 1 unspecified atom stereocenters. The Bertz CT molecular complexity index is 445. The summed E-state index contributed by atoms with van der Waals surface area (Å²) in [5.74, 6) is 0.656. The van der Waals surface area contributed by atoms with Crippen LogP contribution in [0.2, 0.25) is 0 Å². The van der Waals surface area contributed by atoms with Gasteiger partial charge in [-0.2, -0.15) is 0 Å². The van der Waals surface area contributed by atoms with Gasteiger partial charge in [-0.05, 0) is 12.5 Å². The Morgan fingerprint density at radius 3 is 2.81 bits per heavy atom. The van der Waals surface area contributed by atoms with Crippen molar-refractivity contribution in [1.29, 1.82) is 0 Å². The minimum absolute atomic E-state index is 0.0691. The maximum atomic E-state index is 11.0. The summed E-state index contributed by atoms with van der Waals surface area (Å²) in [6.07, 6.45) is 4.75. The maximum absolute atomic E-state index is 11.0. The summed E-state index contributed by atoms with van der Waals surface area (Å²) in [7, 11) is -1.45. The van der Waals surface area contributed by atoms with Crippen molar-refractivity contribution < 1.29 is 13.2 Å². The number of rotatable bonds is 5. The zero-order chi connectivity index (χ0) is 12.2. The van der Waals surface area contributed by atoms with Crippen LogP contribution in [0.25, 0.3) is 0 Å². The number of nitrogens with two attached hydrogens (primary N) is 1. The normalized spacial score (nSPS) is 13.4. The molecule has 0 bridgehead atoms. The highest BCUT2D eigenvalue weighted by molar-refractivity contribution is 7.90. The molecular formula is C10H16N2O3S. The summed E-state index contributed by atoms with van der Waals surface area (Å²) in [5, 5.41) is 0. The lowest BCUT2D eigenvalue weighted by molar-refractivity contribution is 0.403. The molecule has 90 valence electrons. The molecule has 0 aliphatic heterocycles. The molecule has 1 aromatic rings. The number of nitrogens with zero attached hydrogens (tertiary/aromatic N) is 1. The zero-order valence-corrected chi connectivity index (χ0v) is 10.2. The van der Waals surface area contributed by atoms with Crippen molar-refractivity contribution in [2.75, 3.05) is 19.1 Å². The Morgan fingerprint density at radius 1 is 1.56 bits per heavy atom. The molecule has 1 rings (SSSR count). The summed E-state index contributed by atoms with van der Waals surface area (Å²) in [5.41, 5.74) is 6.69. The summed E-state index contributed by atoms with van der Waals surface area (Å²) >= 11 is 0. The molecule has 5 nitrogen and oxygen atoms in total. The SMILES string of the molecule is COc1cnccc1C(N)CCS(C)(=O)=O. The van der Waals surface area contributed by atoms with Gasteiger partial charge in [-0.3, -0.25) is 4.98 Å². The predicted molar refractivity (Wildman–Crippen MR) is 62.0 cm³/mol. The largest absolute Gasteiger partial charge is 0.495 e. The van der Waals surface area contributed by atoms with Gasteiger partial charge in [0.2, 0.25) is 0 Å². The van der Waals surface area contributed by atoms with E-state index in [0.717, 1.165) is 5.56 Å². The Balaban J connectivity index is 2.76. The first kappa shape index (κ1) is 12.9. The van der Waals surface area contributed by atoms with Crippen LogP contribution in [0.5, 0.6) is 5.75 Å². The van der Waals surface area contributed by atoms with E-state index in [1.165, 1.54) is 13.4 Å². The van der Waals surface area contributed by atoms with Crippen LogP contribution < -0.4 is 10.5 Å². The van der Waals surface area contributed by atoms with Gasteiger partial charge in [0, 0.05) is 24.1 Å². The molecule has 2 N–H and O–H groups in total. The van der Waals surface area contributed by atoms with Crippen molar-refractivity contribution in [1.82, 2.24) is 4.98 Å². The second kappa shape index (κ2) is 5.27. The van der Waals surface area contributed by atoms with Gasteiger partial charge in [-0.15, -0.1) is 0 Å². The second-order valence-electron chi connectivity index (χ2n) is 3.64. The predicted octanol–water partition coefficient (Wildman–Crippen LogP) is 0.525. The Morgan fingerprint density at radius 2 is 2.25 bits per heavy atom. The third-order valence-corrected chi connectivity index (χ3v) is 3.21. The molecule has 0 saturated heterocycles. The van der Waals surface area contributed by atoms with Gasteiger partial charge in [0.15, 0.2) is 0 Å². The van der Waals surface area contributed by atoms with E-state index in [1.54, 1.807) is 18.5 Å². The van der Waals surface area contributed by atoms with Gasteiger partial charge in [-0.25, -0.2) is 8.42 Å². The average molecular weight is 244 g/mol. The van der Waals surface area contributed by atoms with E-state index in [0.29, 0.717) is 12.2 Å². The van der Waals surface area contributed by atoms with Crippen molar-refractivity contribution in [3.8, 4) is 5.75 Å². The topological polar surface area (TPSA) is 82.3 Å². The van der Waals surface area contributed by atoms with Crippen LogP contribution in [-0.4, -0.2) is 32.5 Å². The van der Waals surface area contributed by atoms with Crippen LogP contribution in [-0.2, 0) is 9.84 Å². The fourth-order valence-electron chi connectivity index (χ4n) is 1.36. The Kier molecular flexibility index (Phi) is 4.26. The maximum Gasteiger partial charge on any atom is 0.147 e. The van der Waals surface area contributed by atoms with Crippen molar-refractivity contribution in [3.63, 3.8) is 0 Å². The van der Waals surface area contributed by atoms with E-state index in [9.17, 15) is 8.42 Å². The van der Waals surface area contributed by atoms with Crippen LogP contribution in [0, 0.1) is 0 Å². The lowest BCUT2D eigenvalue weighted by Gasteiger charge is -2.14. The van der Waals surface area contributed by atoms with Crippen LogP contribution in [0.4, 0.5) is 0 Å². The molecule has 0 amide bonds. The molecule has 1 heterocycles. The summed E-state index contributed by atoms with van der Waals surface area (Å²) < 4.78 is 27.2. The van der Waals surface area contributed by atoms with E-state index < -0.39 is 9.84 Å². The smallest absolute Gasteiger partial charge is 0.147 e. The van der Waals surface area contributed by atoms with Gasteiger partial charge < -0.3 is 10.5 Å². The molecule has 0 aliphatic carbocycles. The molecular weight excluding hydrogens is 228 g/mol. The minimum atomic E-state index is -2.98. The van der Waals surface area contributed by atoms with E-state index in [1.807, 2.05) is 0 Å². The van der Waals surface area contributed by atoms with Crippen LogP contribution >= 0.6 is 0 Å². The van der Waals surface area contributed by atoms with Gasteiger partial charge in [0.25, 0.3) is 0 Å². The van der Waals surface area contributed by atoms with Crippen molar-refractivity contribution in [2.45, 2.75) is 12.5 Å². The Labute approximate surface area is 95.6 Å². The summed E-state index contributed by atoms with van der Waals surface area (Å²) in [6, 6.07) is 1.39. The van der Waals surface area contributed by atoms with Crippen LogP contribution in [0.15, 0.2) is 18.5 Å². The molecule has 0 spiro atoms. The van der Waals surface area contributed by atoms with E-state index in [2.05, 4.69) is 4.98 Å². The van der Waals surface area contributed by atoms with Crippen LogP contribution in [0.3, 0.4) is 0 Å². The van der Waals surface area contributed by atoms with Crippen molar-refractivity contribution >= 4 is 9.84 Å². The van der Waals surface area contributed by atoms with Gasteiger partial charge in [0.1, 0.15) is 15.6 Å². The lowest BCUT2D eigenvalue weighted by atomic mass is 10.1. The first-order valence-electron chi connectivity index (χ1n) is 4.85. The van der Waals surface area contributed by atoms with E-state index >= 15 is 0 Å². The number of ether oxygens (including phenoxy) is 1. The Hall–Kier alpha value is -1.14. The third kappa shape index (κ3) is 3.79. The van der Waals surface area contributed by atoms with Gasteiger partial charge >= 0.3 is 0 Å². The number of methoxy groups -OCH3 is 1. The molecule has 0 radical (unpaired) electrons. The molecule has 0 saturated carbocycles. The number of pyridine rings is 1. The molecule has 0 aliphatic rings. The molecule has 1 atom stereocenters. The molecule has 16 heavy (non-hydrogen) atoms. The highest BCUT2D eigenvalue weighted by Gasteiger charge is 2.14. The number of hydrogen-bond acceptors (Lipinski definition) is 5.